The second kappa shape index (κ2) is 8.92. The standard InChI is InChI=1S/C17H23NO5/c1-5-11(2)14(13-9-7-6-8-10-13)16(20)23-12(3)15(19)18-17(21)22-4/h6-12,14H,5H2,1-4H3,(H,18,19,21)/t11-,12+,14+/m1/s1. The molecule has 0 fully saturated rings. The summed E-state index contributed by atoms with van der Waals surface area (Å²) < 4.78 is 9.58. The van der Waals surface area contributed by atoms with Crippen LogP contribution in [-0.4, -0.2) is 31.2 Å². The molecule has 0 aromatic heterocycles. The number of hydrogen-bond acceptors (Lipinski definition) is 5. The van der Waals surface area contributed by atoms with Crippen LogP contribution in [-0.2, 0) is 19.1 Å². The predicted molar refractivity (Wildman–Crippen MR) is 84.7 cm³/mol. The second-order valence-corrected chi connectivity index (χ2v) is 5.33. The minimum absolute atomic E-state index is 0.0563. The van der Waals surface area contributed by atoms with E-state index in [1.54, 1.807) is 0 Å². The number of carbonyl (C=O) groups excluding carboxylic acids is 3. The molecule has 23 heavy (non-hydrogen) atoms. The number of imide groups is 1. The van der Waals surface area contributed by atoms with Gasteiger partial charge in [0.1, 0.15) is 0 Å². The average Bonchev–Trinajstić information content (AvgIpc) is 2.55. The second-order valence-electron chi connectivity index (χ2n) is 5.33. The van der Waals surface area contributed by atoms with Crippen LogP contribution in [0.15, 0.2) is 30.3 Å². The molecule has 1 aromatic carbocycles. The predicted octanol–water partition coefficient (Wildman–Crippen LogP) is 2.63. The van der Waals surface area contributed by atoms with Gasteiger partial charge in [0.25, 0.3) is 5.91 Å². The molecular formula is C17H23NO5. The summed E-state index contributed by atoms with van der Waals surface area (Å²) in [6.45, 7) is 5.36. The first kappa shape index (κ1) is 18.7. The molecule has 0 spiro atoms. The van der Waals surface area contributed by atoms with Crippen molar-refractivity contribution in [2.24, 2.45) is 5.92 Å². The van der Waals surface area contributed by atoms with Gasteiger partial charge in [-0.2, -0.15) is 0 Å². The smallest absolute Gasteiger partial charge is 0.413 e. The van der Waals surface area contributed by atoms with Crippen LogP contribution in [0.2, 0.25) is 0 Å². The Morgan fingerprint density at radius 3 is 2.26 bits per heavy atom. The molecule has 0 unspecified atom stereocenters. The number of rotatable bonds is 6. The Labute approximate surface area is 136 Å². The van der Waals surface area contributed by atoms with E-state index in [0.29, 0.717) is 0 Å². The van der Waals surface area contributed by atoms with Gasteiger partial charge in [0.15, 0.2) is 6.10 Å². The molecule has 6 nitrogen and oxygen atoms in total. The van der Waals surface area contributed by atoms with Crippen molar-refractivity contribution in [1.82, 2.24) is 5.32 Å². The van der Waals surface area contributed by atoms with E-state index in [4.69, 9.17) is 4.74 Å². The molecule has 2 amide bonds. The summed E-state index contributed by atoms with van der Waals surface area (Å²) in [5, 5.41) is 1.98. The van der Waals surface area contributed by atoms with Crippen LogP contribution in [0.5, 0.6) is 0 Å². The normalized spacial score (nSPS) is 14.3. The fourth-order valence-electron chi connectivity index (χ4n) is 2.15. The van der Waals surface area contributed by atoms with Crippen molar-refractivity contribution < 1.29 is 23.9 Å². The Morgan fingerprint density at radius 1 is 1.13 bits per heavy atom. The van der Waals surface area contributed by atoms with Crippen molar-refractivity contribution in [3.63, 3.8) is 0 Å². The maximum Gasteiger partial charge on any atom is 0.413 e. The van der Waals surface area contributed by atoms with Gasteiger partial charge < -0.3 is 9.47 Å². The minimum atomic E-state index is -1.09. The highest BCUT2D eigenvalue weighted by molar-refractivity contribution is 5.95. The summed E-state index contributed by atoms with van der Waals surface area (Å²) in [6.07, 6.45) is -1.19. The fraction of sp³-hybridized carbons (Fsp3) is 0.471. The van der Waals surface area contributed by atoms with E-state index in [-0.39, 0.29) is 5.92 Å². The van der Waals surface area contributed by atoms with E-state index in [1.807, 2.05) is 49.5 Å². The first-order valence-electron chi connectivity index (χ1n) is 7.54. The third-order valence-corrected chi connectivity index (χ3v) is 3.70. The van der Waals surface area contributed by atoms with Crippen LogP contribution in [0.4, 0.5) is 4.79 Å². The van der Waals surface area contributed by atoms with Crippen LogP contribution in [0.1, 0.15) is 38.7 Å². The van der Waals surface area contributed by atoms with Crippen LogP contribution in [0.3, 0.4) is 0 Å². The van der Waals surface area contributed by atoms with E-state index in [2.05, 4.69) is 4.74 Å². The number of carbonyl (C=O) groups is 3. The maximum absolute atomic E-state index is 12.5. The molecule has 0 saturated carbocycles. The number of nitrogens with one attached hydrogen (secondary N) is 1. The lowest BCUT2D eigenvalue weighted by atomic mass is 9.85. The molecule has 0 radical (unpaired) electrons. The summed E-state index contributed by atoms with van der Waals surface area (Å²) in [5.74, 6) is -1.62. The van der Waals surface area contributed by atoms with Gasteiger partial charge in [0, 0.05) is 0 Å². The monoisotopic (exact) mass is 321 g/mol. The molecule has 0 aliphatic carbocycles. The summed E-state index contributed by atoms with van der Waals surface area (Å²) in [5.41, 5.74) is 0.840. The average molecular weight is 321 g/mol. The third-order valence-electron chi connectivity index (χ3n) is 3.70. The van der Waals surface area contributed by atoms with Gasteiger partial charge in [-0.05, 0) is 18.4 Å². The zero-order valence-corrected chi connectivity index (χ0v) is 13.9. The highest BCUT2D eigenvalue weighted by atomic mass is 16.6. The van der Waals surface area contributed by atoms with Crippen LogP contribution in [0, 0.1) is 5.92 Å². The number of benzene rings is 1. The highest BCUT2D eigenvalue weighted by Gasteiger charge is 2.30. The van der Waals surface area contributed by atoms with Crippen molar-refractivity contribution in [1.29, 1.82) is 0 Å². The van der Waals surface area contributed by atoms with E-state index < -0.39 is 30.0 Å². The largest absolute Gasteiger partial charge is 0.453 e. The number of ether oxygens (including phenoxy) is 2. The van der Waals surface area contributed by atoms with Gasteiger partial charge in [-0.1, -0.05) is 50.6 Å². The number of amides is 2. The molecule has 1 N–H and O–H groups in total. The molecule has 1 aromatic rings. The number of methoxy groups -OCH3 is 1. The first-order valence-corrected chi connectivity index (χ1v) is 7.54. The van der Waals surface area contributed by atoms with Gasteiger partial charge in [-0.15, -0.1) is 0 Å². The third kappa shape index (κ3) is 5.39. The fourth-order valence-corrected chi connectivity index (χ4v) is 2.15. The lowest BCUT2D eigenvalue weighted by Crippen LogP contribution is -2.40. The number of esters is 1. The number of hydrogen-bond donors (Lipinski definition) is 1. The van der Waals surface area contributed by atoms with Crippen LogP contribution in [0.25, 0.3) is 0 Å². The van der Waals surface area contributed by atoms with E-state index >= 15 is 0 Å². The summed E-state index contributed by atoms with van der Waals surface area (Å²) in [4.78, 5) is 35.3. The van der Waals surface area contributed by atoms with Gasteiger partial charge >= 0.3 is 12.1 Å². The molecule has 0 saturated heterocycles. The highest BCUT2D eigenvalue weighted by Crippen LogP contribution is 2.28. The van der Waals surface area contributed by atoms with Crippen molar-refractivity contribution in [2.45, 2.75) is 39.2 Å². The lowest BCUT2D eigenvalue weighted by molar-refractivity contribution is -0.157. The first-order chi connectivity index (χ1) is 10.9. The van der Waals surface area contributed by atoms with Gasteiger partial charge in [-0.25, -0.2) is 4.79 Å². The molecular weight excluding hydrogens is 298 g/mol. The van der Waals surface area contributed by atoms with Crippen molar-refractivity contribution in [3.05, 3.63) is 35.9 Å². The van der Waals surface area contributed by atoms with E-state index in [1.165, 1.54) is 6.92 Å². The molecule has 0 aliphatic rings. The lowest BCUT2D eigenvalue weighted by Gasteiger charge is -2.23. The Hall–Kier alpha value is -2.37. The van der Waals surface area contributed by atoms with E-state index in [9.17, 15) is 14.4 Å². The minimum Gasteiger partial charge on any atom is -0.453 e. The maximum atomic E-state index is 12.5. The van der Waals surface area contributed by atoms with Crippen LogP contribution >= 0.6 is 0 Å². The quantitative estimate of drug-likeness (QED) is 0.815. The molecule has 0 aliphatic heterocycles. The molecule has 126 valence electrons. The Morgan fingerprint density at radius 2 is 1.74 bits per heavy atom. The molecule has 0 heterocycles. The van der Waals surface area contributed by atoms with Gasteiger partial charge in [0.05, 0.1) is 13.0 Å². The number of alkyl carbamates (subject to hydrolysis) is 1. The molecule has 6 heteroatoms. The Kier molecular flexibility index (Phi) is 7.25. The molecule has 1 rings (SSSR count). The summed E-state index contributed by atoms with van der Waals surface area (Å²) in [6, 6.07) is 9.29. The zero-order chi connectivity index (χ0) is 17.4. The van der Waals surface area contributed by atoms with Crippen molar-refractivity contribution in [2.75, 3.05) is 7.11 Å². The van der Waals surface area contributed by atoms with Gasteiger partial charge in [0.2, 0.25) is 0 Å². The summed E-state index contributed by atoms with van der Waals surface area (Å²) >= 11 is 0. The summed E-state index contributed by atoms with van der Waals surface area (Å²) in [7, 11) is 1.15. The van der Waals surface area contributed by atoms with Crippen LogP contribution < -0.4 is 5.32 Å². The SMILES string of the molecule is CC[C@@H](C)[C@H](C(=O)O[C@@H](C)C(=O)NC(=O)OC)c1ccccc1. The van der Waals surface area contributed by atoms with E-state index in [0.717, 1.165) is 19.1 Å². The Balaban J connectivity index is 2.82. The van der Waals surface area contributed by atoms with Gasteiger partial charge in [-0.3, -0.25) is 14.9 Å². The zero-order valence-electron chi connectivity index (χ0n) is 13.9. The molecule has 0 bridgehead atoms. The van der Waals surface area contributed by atoms with Crippen molar-refractivity contribution >= 4 is 18.0 Å². The molecule has 3 atom stereocenters. The topological polar surface area (TPSA) is 81.7 Å². The Bertz CT molecular complexity index is 543. The van der Waals surface area contributed by atoms with Crippen molar-refractivity contribution in [3.8, 4) is 0 Å².